The molecule has 0 spiro atoms. The Hall–Kier alpha value is -0.960. The Balaban J connectivity index is 0. The van der Waals surface area contributed by atoms with Crippen LogP contribution in [0, 0.1) is 36.0 Å². The molecule has 0 heteroatoms. The van der Waals surface area contributed by atoms with Crippen molar-refractivity contribution in [2.45, 2.75) is 91.4 Å². The summed E-state index contributed by atoms with van der Waals surface area (Å²) < 4.78 is 0. The van der Waals surface area contributed by atoms with Crippen molar-refractivity contribution in [3.05, 3.63) is 24.3 Å². The summed E-state index contributed by atoms with van der Waals surface area (Å²) in [7, 11) is 0. The summed E-state index contributed by atoms with van der Waals surface area (Å²) in [5.74, 6) is 6.33. The van der Waals surface area contributed by atoms with Gasteiger partial charge in [-0.05, 0) is 87.9 Å². The SMILES string of the molecule is C#CCC.CC/C=C/C1CCC(C2CCC(/C=C/CC)CC2)CC1.[HH].[HH]. The molecular weight excluding hydrogens is 288 g/mol. The van der Waals surface area contributed by atoms with E-state index in [-0.39, 0.29) is 2.85 Å². The van der Waals surface area contributed by atoms with Crippen LogP contribution in [-0.2, 0) is 0 Å². The van der Waals surface area contributed by atoms with Crippen LogP contribution in [0.1, 0.15) is 94.3 Å². The van der Waals surface area contributed by atoms with E-state index >= 15 is 0 Å². The molecule has 2 aliphatic carbocycles. The molecule has 0 unspecified atom stereocenters. The maximum absolute atomic E-state index is 4.78. The largest absolute Gasteiger partial charge is 0.120 e. The molecule has 2 rings (SSSR count). The summed E-state index contributed by atoms with van der Waals surface area (Å²) in [6.07, 6.45) is 29.6. The topological polar surface area (TPSA) is 0 Å². The van der Waals surface area contributed by atoms with Crippen LogP contribution in [0.25, 0.3) is 0 Å². The minimum Gasteiger partial charge on any atom is -0.120 e. The third kappa shape index (κ3) is 8.23. The van der Waals surface area contributed by atoms with Crippen LogP contribution in [0.4, 0.5) is 0 Å². The summed E-state index contributed by atoms with van der Waals surface area (Å²) >= 11 is 0. The van der Waals surface area contributed by atoms with Crippen molar-refractivity contribution in [3.63, 3.8) is 0 Å². The van der Waals surface area contributed by atoms with E-state index in [1.807, 2.05) is 6.92 Å². The van der Waals surface area contributed by atoms with E-state index in [0.29, 0.717) is 0 Å². The minimum absolute atomic E-state index is 0. The van der Waals surface area contributed by atoms with Gasteiger partial charge in [0.15, 0.2) is 0 Å². The van der Waals surface area contributed by atoms with Gasteiger partial charge < -0.3 is 0 Å². The average Bonchev–Trinajstić information content (AvgIpc) is 2.66. The molecule has 0 heterocycles. The van der Waals surface area contributed by atoms with Crippen LogP contribution in [-0.4, -0.2) is 0 Å². The number of hydrogen-bond acceptors (Lipinski definition) is 0. The first kappa shape index (κ1) is 21.1. The molecule has 24 heavy (non-hydrogen) atoms. The summed E-state index contributed by atoms with van der Waals surface area (Å²) in [6, 6.07) is 0. The van der Waals surface area contributed by atoms with Gasteiger partial charge in [-0.2, -0.15) is 0 Å². The van der Waals surface area contributed by atoms with E-state index in [9.17, 15) is 0 Å². The van der Waals surface area contributed by atoms with E-state index in [2.05, 4.69) is 44.1 Å². The van der Waals surface area contributed by atoms with Crippen LogP contribution >= 0.6 is 0 Å². The highest BCUT2D eigenvalue weighted by atomic mass is 14.3. The summed E-state index contributed by atoms with van der Waals surface area (Å²) in [6.45, 7) is 6.43. The van der Waals surface area contributed by atoms with Gasteiger partial charge in [0.2, 0.25) is 0 Å². The normalized spacial score (nSPS) is 30.8. The second-order valence-corrected chi connectivity index (χ2v) is 7.58. The third-order valence-corrected chi connectivity index (χ3v) is 5.79. The summed E-state index contributed by atoms with van der Waals surface area (Å²) in [5.41, 5.74) is 0. The lowest BCUT2D eigenvalue weighted by atomic mass is 9.69. The van der Waals surface area contributed by atoms with Gasteiger partial charge in [-0.1, -0.05) is 45.1 Å². The fourth-order valence-electron chi connectivity index (χ4n) is 4.27. The molecule has 0 bridgehead atoms. The van der Waals surface area contributed by atoms with Crippen LogP contribution in [0.2, 0.25) is 0 Å². The molecule has 0 amide bonds. The molecule has 0 N–H and O–H groups in total. The monoisotopic (exact) mass is 332 g/mol. The Kier molecular flexibility index (Phi) is 11.7. The smallest absolute Gasteiger partial charge is 0.00576 e. The molecule has 2 fully saturated rings. The number of allylic oxidation sites excluding steroid dienone is 4. The van der Waals surface area contributed by atoms with E-state index in [0.717, 1.165) is 30.1 Å². The standard InChI is InChI=1S/C20H34.C4H6.2H2/c1-3-5-7-17-9-13-19(14-10-17)20-15-11-18(12-16-20)8-6-4-2;1-3-4-2;;/h5-8,17-20H,3-4,9-16H2,1-2H3;1H,4H2,2H3;2*1H/b7-5+,8-6+;;;. The first-order valence-corrected chi connectivity index (χ1v) is 10.5. The van der Waals surface area contributed by atoms with Gasteiger partial charge >= 0.3 is 0 Å². The molecule has 0 aromatic heterocycles. The highest BCUT2D eigenvalue weighted by Crippen LogP contribution is 2.41. The predicted octanol–water partition coefficient (Wildman–Crippen LogP) is 8.05. The van der Waals surface area contributed by atoms with Crippen LogP contribution < -0.4 is 0 Å². The second kappa shape index (κ2) is 13.3. The van der Waals surface area contributed by atoms with Gasteiger partial charge in [0.05, 0.1) is 0 Å². The molecule has 140 valence electrons. The zero-order chi connectivity index (χ0) is 17.6. The second-order valence-electron chi connectivity index (χ2n) is 7.58. The van der Waals surface area contributed by atoms with Crippen LogP contribution in [0.3, 0.4) is 0 Å². The maximum Gasteiger partial charge on any atom is 0.00576 e. The Bertz CT molecular complexity index is 357. The van der Waals surface area contributed by atoms with E-state index < -0.39 is 0 Å². The highest BCUT2D eigenvalue weighted by molar-refractivity contribution is 4.94. The fraction of sp³-hybridized carbons (Fsp3) is 0.750. The first-order chi connectivity index (χ1) is 11.7. The number of terminal acetylenes is 1. The molecule has 0 radical (unpaired) electrons. The maximum atomic E-state index is 4.78. The van der Waals surface area contributed by atoms with Crippen molar-refractivity contribution in [2.75, 3.05) is 0 Å². The van der Waals surface area contributed by atoms with Crippen LogP contribution in [0.5, 0.6) is 0 Å². The zero-order valence-corrected chi connectivity index (χ0v) is 16.5. The van der Waals surface area contributed by atoms with Gasteiger partial charge in [-0.15, -0.1) is 12.3 Å². The van der Waals surface area contributed by atoms with E-state index in [1.54, 1.807) is 0 Å². The zero-order valence-electron chi connectivity index (χ0n) is 16.5. The fourth-order valence-corrected chi connectivity index (χ4v) is 4.27. The van der Waals surface area contributed by atoms with Crippen molar-refractivity contribution < 1.29 is 2.85 Å². The Morgan fingerprint density at radius 2 is 1.08 bits per heavy atom. The van der Waals surface area contributed by atoms with Gasteiger partial charge in [0.25, 0.3) is 0 Å². The highest BCUT2D eigenvalue weighted by Gasteiger charge is 2.29. The van der Waals surface area contributed by atoms with Crippen molar-refractivity contribution in [3.8, 4) is 12.3 Å². The molecule has 0 aliphatic heterocycles. The Labute approximate surface area is 155 Å². The van der Waals surface area contributed by atoms with Crippen molar-refractivity contribution in [1.82, 2.24) is 0 Å². The quantitative estimate of drug-likeness (QED) is 0.353. The first-order valence-electron chi connectivity index (χ1n) is 10.5. The Morgan fingerprint density at radius 3 is 1.33 bits per heavy atom. The van der Waals surface area contributed by atoms with Crippen molar-refractivity contribution in [2.24, 2.45) is 23.7 Å². The molecular formula is C24H44. The number of hydrogen-bond donors (Lipinski definition) is 0. The number of rotatable bonds is 5. The molecule has 0 aromatic carbocycles. The molecule has 0 aromatic rings. The molecule has 2 aliphatic rings. The predicted molar refractivity (Wildman–Crippen MR) is 113 cm³/mol. The summed E-state index contributed by atoms with van der Waals surface area (Å²) in [4.78, 5) is 0. The lowest BCUT2D eigenvalue weighted by Gasteiger charge is -2.37. The minimum atomic E-state index is 0. The Morgan fingerprint density at radius 1 is 0.750 bits per heavy atom. The van der Waals surface area contributed by atoms with Gasteiger partial charge in [-0.3, -0.25) is 0 Å². The molecule has 2 saturated carbocycles. The molecule has 0 nitrogen and oxygen atoms in total. The van der Waals surface area contributed by atoms with E-state index in [4.69, 9.17) is 6.42 Å². The summed E-state index contributed by atoms with van der Waals surface area (Å²) in [5, 5.41) is 0. The van der Waals surface area contributed by atoms with E-state index in [1.165, 1.54) is 64.2 Å². The molecule has 0 atom stereocenters. The van der Waals surface area contributed by atoms with Gasteiger partial charge in [0, 0.05) is 9.27 Å². The van der Waals surface area contributed by atoms with Crippen molar-refractivity contribution in [1.29, 1.82) is 0 Å². The lowest BCUT2D eigenvalue weighted by molar-refractivity contribution is 0.166. The van der Waals surface area contributed by atoms with Crippen molar-refractivity contribution >= 4 is 0 Å². The third-order valence-electron chi connectivity index (χ3n) is 5.79. The van der Waals surface area contributed by atoms with Gasteiger partial charge in [-0.25, -0.2) is 0 Å². The average molecular weight is 333 g/mol. The van der Waals surface area contributed by atoms with Gasteiger partial charge in [0.1, 0.15) is 0 Å². The lowest BCUT2D eigenvalue weighted by Crippen LogP contribution is -2.25. The molecule has 0 saturated heterocycles. The van der Waals surface area contributed by atoms with Crippen LogP contribution in [0.15, 0.2) is 24.3 Å².